The van der Waals surface area contributed by atoms with Gasteiger partial charge in [-0.15, -0.1) is 0 Å². The second-order valence-corrected chi connectivity index (χ2v) is 4.11. The van der Waals surface area contributed by atoms with E-state index in [1.165, 1.54) is 31.5 Å². The fourth-order valence-corrected chi connectivity index (χ4v) is 2.04. The Labute approximate surface area is 87.0 Å². The predicted octanol–water partition coefficient (Wildman–Crippen LogP) is 2.40. The van der Waals surface area contributed by atoms with Crippen LogP contribution in [0.4, 0.5) is 0 Å². The summed E-state index contributed by atoms with van der Waals surface area (Å²) in [6.07, 6.45) is 6.46. The van der Waals surface area contributed by atoms with Crippen molar-refractivity contribution >= 4 is 5.78 Å². The molecule has 1 rings (SSSR count). The molecule has 0 aromatic heterocycles. The molecule has 0 unspecified atom stereocenters. The maximum atomic E-state index is 10.9. The molecule has 0 aliphatic carbocycles. The maximum absolute atomic E-state index is 10.9. The molecular weight excluding hydrogens is 174 g/mol. The Morgan fingerprint density at radius 1 is 1.43 bits per heavy atom. The van der Waals surface area contributed by atoms with Gasteiger partial charge in [-0.25, -0.2) is 0 Å². The standard InChI is InChI=1S/C12H21NO/c1-3-7-13-8-4-5-12(6-9-13)10-11(2)14/h10H,3-9H2,1-2H3. The topological polar surface area (TPSA) is 20.3 Å². The normalized spacial score (nSPS) is 22.3. The second kappa shape index (κ2) is 5.97. The average Bonchev–Trinajstić information content (AvgIpc) is 2.31. The number of ketones is 1. The fraction of sp³-hybridized carbons (Fsp3) is 0.750. The molecule has 0 radical (unpaired) electrons. The van der Waals surface area contributed by atoms with Gasteiger partial charge in [-0.3, -0.25) is 4.79 Å². The van der Waals surface area contributed by atoms with Gasteiger partial charge in [-0.05, 0) is 51.8 Å². The Hall–Kier alpha value is -0.630. The van der Waals surface area contributed by atoms with E-state index in [-0.39, 0.29) is 5.78 Å². The van der Waals surface area contributed by atoms with Crippen LogP contribution >= 0.6 is 0 Å². The summed E-state index contributed by atoms with van der Waals surface area (Å²) < 4.78 is 0. The molecule has 0 spiro atoms. The van der Waals surface area contributed by atoms with E-state index in [9.17, 15) is 4.79 Å². The highest BCUT2D eigenvalue weighted by Crippen LogP contribution is 2.16. The van der Waals surface area contributed by atoms with E-state index in [0.29, 0.717) is 0 Å². The highest BCUT2D eigenvalue weighted by Gasteiger charge is 2.10. The van der Waals surface area contributed by atoms with Crippen molar-refractivity contribution in [2.45, 2.75) is 39.5 Å². The minimum atomic E-state index is 0.198. The van der Waals surface area contributed by atoms with Gasteiger partial charge in [-0.2, -0.15) is 0 Å². The highest BCUT2D eigenvalue weighted by molar-refractivity contribution is 5.87. The largest absolute Gasteiger partial charge is 0.303 e. The van der Waals surface area contributed by atoms with Gasteiger partial charge in [0.05, 0.1) is 0 Å². The van der Waals surface area contributed by atoms with Gasteiger partial charge >= 0.3 is 0 Å². The zero-order valence-corrected chi connectivity index (χ0v) is 9.38. The van der Waals surface area contributed by atoms with Gasteiger partial charge < -0.3 is 4.90 Å². The van der Waals surface area contributed by atoms with E-state index in [2.05, 4.69) is 11.8 Å². The molecule has 1 fully saturated rings. The van der Waals surface area contributed by atoms with Crippen LogP contribution < -0.4 is 0 Å². The number of hydrogen-bond acceptors (Lipinski definition) is 2. The molecule has 0 aromatic rings. The number of carbonyl (C=O) groups is 1. The molecule has 2 nitrogen and oxygen atoms in total. The van der Waals surface area contributed by atoms with Crippen LogP contribution in [0.5, 0.6) is 0 Å². The summed E-state index contributed by atoms with van der Waals surface area (Å²) in [5, 5.41) is 0. The lowest BCUT2D eigenvalue weighted by molar-refractivity contribution is -0.112. The summed E-state index contributed by atoms with van der Waals surface area (Å²) in [4.78, 5) is 13.4. The molecule has 0 amide bonds. The third kappa shape index (κ3) is 4.05. The number of likely N-dealkylation sites (tertiary alicyclic amines) is 1. The lowest BCUT2D eigenvalue weighted by Crippen LogP contribution is -2.25. The second-order valence-electron chi connectivity index (χ2n) is 4.11. The predicted molar refractivity (Wildman–Crippen MR) is 59.3 cm³/mol. The Morgan fingerprint density at radius 2 is 2.21 bits per heavy atom. The van der Waals surface area contributed by atoms with Crippen molar-refractivity contribution in [3.8, 4) is 0 Å². The molecule has 1 aliphatic heterocycles. The van der Waals surface area contributed by atoms with E-state index in [4.69, 9.17) is 0 Å². The zero-order valence-electron chi connectivity index (χ0n) is 9.38. The first-order valence-corrected chi connectivity index (χ1v) is 5.64. The van der Waals surface area contributed by atoms with Crippen molar-refractivity contribution in [3.63, 3.8) is 0 Å². The molecule has 80 valence electrons. The number of rotatable bonds is 3. The fourth-order valence-electron chi connectivity index (χ4n) is 2.04. The van der Waals surface area contributed by atoms with Crippen molar-refractivity contribution < 1.29 is 4.79 Å². The summed E-state index contributed by atoms with van der Waals surface area (Å²) in [7, 11) is 0. The Bertz CT molecular complexity index is 220. The lowest BCUT2D eigenvalue weighted by Gasteiger charge is -2.17. The van der Waals surface area contributed by atoms with Crippen molar-refractivity contribution in [2.24, 2.45) is 0 Å². The first-order valence-electron chi connectivity index (χ1n) is 5.64. The molecular formula is C12H21NO. The molecule has 0 N–H and O–H groups in total. The van der Waals surface area contributed by atoms with E-state index in [1.54, 1.807) is 6.92 Å². The van der Waals surface area contributed by atoms with Gasteiger partial charge in [0.25, 0.3) is 0 Å². The van der Waals surface area contributed by atoms with Crippen LogP contribution in [0.15, 0.2) is 11.6 Å². The minimum absolute atomic E-state index is 0.198. The molecule has 0 aromatic carbocycles. The van der Waals surface area contributed by atoms with Gasteiger partial charge in [0.2, 0.25) is 0 Å². The summed E-state index contributed by atoms with van der Waals surface area (Å²) in [5.41, 5.74) is 1.34. The third-order valence-electron chi connectivity index (χ3n) is 2.67. The van der Waals surface area contributed by atoms with Gasteiger partial charge in [0, 0.05) is 6.54 Å². The highest BCUT2D eigenvalue weighted by atomic mass is 16.1. The van der Waals surface area contributed by atoms with Crippen molar-refractivity contribution in [3.05, 3.63) is 11.6 Å². The van der Waals surface area contributed by atoms with Crippen LogP contribution in [0.25, 0.3) is 0 Å². The first-order chi connectivity index (χ1) is 6.72. The molecule has 14 heavy (non-hydrogen) atoms. The zero-order chi connectivity index (χ0) is 10.4. The molecule has 1 heterocycles. The average molecular weight is 195 g/mol. The van der Waals surface area contributed by atoms with Crippen LogP contribution in [0, 0.1) is 0 Å². The number of hydrogen-bond donors (Lipinski definition) is 0. The summed E-state index contributed by atoms with van der Waals surface area (Å²) >= 11 is 0. The lowest BCUT2D eigenvalue weighted by atomic mass is 10.1. The Kier molecular flexibility index (Phi) is 4.88. The van der Waals surface area contributed by atoms with E-state index >= 15 is 0 Å². The number of nitrogens with zero attached hydrogens (tertiary/aromatic N) is 1. The van der Waals surface area contributed by atoms with Crippen molar-refractivity contribution in [1.29, 1.82) is 0 Å². The van der Waals surface area contributed by atoms with Gasteiger partial charge in [0.1, 0.15) is 0 Å². The third-order valence-corrected chi connectivity index (χ3v) is 2.67. The van der Waals surface area contributed by atoms with E-state index < -0.39 is 0 Å². The number of carbonyl (C=O) groups excluding carboxylic acids is 1. The van der Waals surface area contributed by atoms with Crippen LogP contribution in [-0.2, 0) is 4.79 Å². The Morgan fingerprint density at radius 3 is 2.86 bits per heavy atom. The minimum Gasteiger partial charge on any atom is -0.303 e. The van der Waals surface area contributed by atoms with Crippen molar-refractivity contribution in [2.75, 3.05) is 19.6 Å². The quantitative estimate of drug-likeness (QED) is 0.644. The molecule has 1 saturated heterocycles. The summed E-state index contributed by atoms with van der Waals surface area (Å²) in [6.45, 7) is 7.39. The Balaban J connectivity index is 2.44. The molecule has 2 heteroatoms. The smallest absolute Gasteiger partial charge is 0.152 e. The molecule has 0 atom stereocenters. The molecule has 0 saturated carbocycles. The van der Waals surface area contributed by atoms with Gasteiger partial charge in [0.15, 0.2) is 5.78 Å². The SMILES string of the molecule is CCCN1CCCC(=CC(C)=O)CC1. The monoisotopic (exact) mass is 195 g/mol. The first kappa shape index (κ1) is 11.4. The summed E-state index contributed by atoms with van der Waals surface area (Å²) in [6, 6.07) is 0. The molecule has 0 bridgehead atoms. The van der Waals surface area contributed by atoms with Crippen LogP contribution in [0.2, 0.25) is 0 Å². The summed E-state index contributed by atoms with van der Waals surface area (Å²) in [5.74, 6) is 0.198. The van der Waals surface area contributed by atoms with Crippen molar-refractivity contribution in [1.82, 2.24) is 4.90 Å². The van der Waals surface area contributed by atoms with Crippen LogP contribution in [0.3, 0.4) is 0 Å². The van der Waals surface area contributed by atoms with Gasteiger partial charge in [-0.1, -0.05) is 12.5 Å². The number of allylic oxidation sites excluding steroid dienone is 1. The van der Waals surface area contributed by atoms with E-state index in [1.807, 2.05) is 6.08 Å². The van der Waals surface area contributed by atoms with Crippen LogP contribution in [0.1, 0.15) is 39.5 Å². The maximum Gasteiger partial charge on any atom is 0.152 e. The molecule has 1 aliphatic rings. The van der Waals surface area contributed by atoms with E-state index in [0.717, 1.165) is 19.4 Å². The van der Waals surface area contributed by atoms with Crippen LogP contribution in [-0.4, -0.2) is 30.3 Å².